The highest BCUT2D eigenvalue weighted by atomic mass is 32.2. The van der Waals surface area contributed by atoms with Gasteiger partial charge in [-0.15, -0.1) is 0 Å². The van der Waals surface area contributed by atoms with E-state index < -0.39 is 10.0 Å². The standard InChI is InChI=1S/C17H23NO4S/c1-3-21-13-7-12-18-23(19,20)17-11-10-16(22-4-2)14-8-5-6-9-15(14)17/h5-6,8-11,18H,3-4,7,12-13H2,1-2H3. The lowest BCUT2D eigenvalue weighted by Crippen LogP contribution is -2.25. The van der Waals surface area contributed by atoms with Gasteiger partial charge in [0, 0.05) is 30.5 Å². The van der Waals surface area contributed by atoms with Gasteiger partial charge in [-0.2, -0.15) is 0 Å². The summed E-state index contributed by atoms with van der Waals surface area (Å²) in [5.41, 5.74) is 0. The van der Waals surface area contributed by atoms with Gasteiger partial charge in [0.15, 0.2) is 0 Å². The van der Waals surface area contributed by atoms with E-state index in [4.69, 9.17) is 9.47 Å². The summed E-state index contributed by atoms with van der Waals surface area (Å²) in [6, 6.07) is 10.7. The van der Waals surface area contributed by atoms with E-state index in [1.54, 1.807) is 18.2 Å². The molecule has 2 aromatic carbocycles. The zero-order valence-electron chi connectivity index (χ0n) is 13.5. The second-order valence-corrected chi connectivity index (χ2v) is 6.72. The molecule has 2 rings (SSSR count). The van der Waals surface area contributed by atoms with Gasteiger partial charge in [-0.1, -0.05) is 24.3 Å². The monoisotopic (exact) mass is 337 g/mol. The van der Waals surface area contributed by atoms with Crippen molar-refractivity contribution in [3.8, 4) is 5.75 Å². The fourth-order valence-electron chi connectivity index (χ4n) is 2.36. The van der Waals surface area contributed by atoms with Gasteiger partial charge in [0.05, 0.1) is 11.5 Å². The average molecular weight is 337 g/mol. The maximum Gasteiger partial charge on any atom is 0.241 e. The van der Waals surface area contributed by atoms with Crippen LogP contribution in [0.5, 0.6) is 5.75 Å². The molecule has 0 atom stereocenters. The minimum Gasteiger partial charge on any atom is -0.493 e. The van der Waals surface area contributed by atoms with E-state index in [1.165, 1.54) is 0 Å². The topological polar surface area (TPSA) is 64.6 Å². The van der Waals surface area contributed by atoms with Crippen molar-refractivity contribution in [3.05, 3.63) is 36.4 Å². The normalized spacial score (nSPS) is 11.7. The van der Waals surface area contributed by atoms with Gasteiger partial charge in [0.1, 0.15) is 5.75 Å². The van der Waals surface area contributed by atoms with Crippen LogP contribution in [0.15, 0.2) is 41.3 Å². The average Bonchev–Trinajstić information content (AvgIpc) is 2.55. The molecule has 0 fully saturated rings. The molecule has 0 aliphatic rings. The number of fused-ring (bicyclic) bond motifs is 1. The molecule has 0 heterocycles. The van der Waals surface area contributed by atoms with E-state index in [-0.39, 0.29) is 4.90 Å². The third-order valence-corrected chi connectivity index (χ3v) is 4.91. The van der Waals surface area contributed by atoms with Gasteiger partial charge in [-0.3, -0.25) is 0 Å². The van der Waals surface area contributed by atoms with Crippen molar-refractivity contribution >= 4 is 20.8 Å². The molecule has 5 nitrogen and oxygen atoms in total. The first-order valence-electron chi connectivity index (χ1n) is 7.82. The molecule has 0 saturated carbocycles. The van der Waals surface area contributed by atoms with Crippen LogP contribution >= 0.6 is 0 Å². The van der Waals surface area contributed by atoms with E-state index in [0.717, 1.165) is 5.39 Å². The Bertz CT molecular complexity index is 743. The summed E-state index contributed by atoms with van der Waals surface area (Å²) in [6.45, 7) is 5.88. The molecule has 0 radical (unpaired) electrons. The maximum absolute atomic E-state index is 12.6. The fraction of sp³-hybridized carbons (Fsp3) is 0.412. The van der Waals surface area contributed by atoms with Crippen molar-refractivity contribution in [2.75, 3.05) is 26.4 Å². The first kappa shape index (κ1) is 17.7. The lowest BCUT2D eigenvalue weighted by atomic mass is 10.1. The summed E-state index contributed by atoms with van der Waals surface area (Å²) in [7, 11) is -3.57. The molecular weight excluding hydrogens is 314 g/mol. The molecule has 0 aliphatic carbocycles. The highest BCUT2D eigenvalue weighted by Crippen LogP contribution is 2.30. The van der Waals surface area contributed by atoms with Crippen molar-refractivity contribution in [3.63, 3.8) is 0 Å². The molecule has 0 bridgehead atoms. The molecule has 2 aromatic rings. The largest absolute Gasteiger partial charge is 0.493 e. The van der Waals surface area contributed by atoms with Crippen molar-refractivity contribution in [2.45, 2.75) is 25.2 Å². The zero-order valence-corrected chi connectivity index (χ0v) is 14.4. The first-order valence-corrected chi connectivity index (χ1v) is 9.30. The molecular formula is C17H23NO4S. The Morgan fingerprint density at radius 1 is 1.00 bits per heavy atom. The van der Waals surface area contributed by atoms with Crippen LogP contribution in [0.3, 0.4) is 0 Å². The summed E-state index contributed by atoms with van der Waals surface area (Å²) < 4.78 is 38.5. The van der Waals surface area contributed by atoms with Gasteiger partial charge in [0.2, 0.25) is 10.0 Å². The van der Waals surface area contributed by atoms with E-state index in [1.807, 2.05) is 32.0 Å². The van der Waals surface area contributed by atoms with Crippen molar-refractivity contribution in [2.24, 2.45) is 0 Å². The van der Waals surface area contributed by atoms with Crippen LogP contribution < -0.4 is 9.46 Å². The molecule has 0 spiro atoms. The molecule has 0 amide bonds. The summed E-state index contributed by atoms with van der Waals surface area (Å²) in [5, 5.41) is 1.46. The van der Waals surface area contributed by atoms with Gasteiger partial charge >= 0.3 is 0 Å². The van der Waals surface area contributed by atoms with Crippen LogP contribution in [0.2, 0.25) is 0 Å². The smallest absolute Gasteiger partial charge is 0.241 e. The van der Waals surface area contributed by atoms with Crippen LogP contribution in [-0.4, -0.2) is 34.8 Å². The Hall–Kier alpha value is -1.63. The Labute approximate surface area is 137 Å². The van der Waals surface area contributed by atoms with Crippen molar-refractivity contribution < 1.29 is 17.9 Å². The lowest BCUT2D eigenvalue weighted by Gasteiger charge is -2.13. The molecule has 0 aromatic heterocycles. The van der Waals surface area contributed by atoms with Gasteiger partial charge in [-0.25, -0.2) is 13.1 Å². The Morgan fingerprint density at radius 2 is 1.74 bits per heavy atom. The third-order valence-electron chi connectivity index (χ3n) is 3.40. The maximum atomic E-state index is 12.6. The number of nitrogens with one attached hydrogen (secondary N) is 1. The Kier molecular flexibility index (Phi) is 6.38. The predicted octanol–water partition coefficient (Wildman–Crippen LogP) is 2.94. The number of hydrogen-bond donors (Lipinski definition) is 1. The van der Waals surface area contributed by atoms with E-state index in [2.05, 4.69) is 4.72 Å². The third kappa shape index (κ3) is 4.43. The summed E-state index contributed by atoms with van der Waals surface area (Å²) in [5.74, 6) is 0.693. The van der Waals surface area contributed by atoms with Crippen molar-refractivity contribution in [1.82, 2.24) is 4.72 Å². The van der Waals surface area contributed by atoms with E-state index in [0.29, 0.717) is 43.9 Å². The van der Waals surface area contributed by atoms with Crippen molar-refractivity contribution in [1.29, 1.82) is 0 Å². The Morgan fingerprint density at radius 3 is 2.43 bits per heavy atom. The van der Waals surface area contributed by atoms with Crippen LogP contribution in [0.1, 0.15) is 20.3 Å². The number of hydrogen-bond acceptors (Lipinski definition) is 4. The number of rotatable bonds is 9. The van der Waals surface area contributed by atoms with Crippen LogP contribution in [0, 0.1) is 0 Å². The quantitative estimate of drug-likeness (QED) is 0.715. The lowest BCUT2D eigenvalue weighted by molar-refractivity contribution is 0.146. The van der Waals surface area contributed by atoms with E-state index >= 15 is 0 Å². The van der Waals surface area contributed by atoms with Crippen LogP contribution in [0.4, 0.5) is 0 Å². The summed E-state index contributed by atoms with van der Waals surface area (Å²) in [4.78, 5) is 0.271. The fourth-order valence-corrected chi connectivity index (χ4v) is 3.65. The van der Waals surface area contributed by atoms with Crippen LogP contribution in [0.25, 0.3) is 10.8 Å². The number of benzene rings is 2. The zero-order chi connectivity index (χ0) is 16.7. The molecule has 0 saturated heterocycles. The molecule has 6 heteroatoms. The molecule has 23 heavy (non-hydrogen) atoms. The second kappa shape index (κ2) is 8.29. The predicted molar refractivity (Wildman–Crippen MR) is 91.4 cm³/mol. The molecule has 1 N–H and O–H groups in total. The highest BCUT2D eigenvalue weighted by Gasteiger charge is 2.18. The van der Waals surface area contributed by atoms with Gasteiger partial charge in [-0.05, 0) is 32.4 Å². The summed E-state index contributed by atoms with van der Waals surface area (Å²) >= 11 is 0. The summed E-state index contributed by atoms with van der Waals surface area (Å²) in [6.07, 6.45) is 0.641. The minimum atomic E-state index is -3.57. The Balaban J connectivity index is 2.26. The van der Waals surface area contributed by atoms with Crippen LogP contribution in [-0.2, 0) is 14.8 Å². The van der Waals surface area contributed by atoms with Gasteiger partial charge < -0.3 is 9.47 Å². The SMILES string of the molecule is CCOCCCNS(=O)(=O)c1ccc(OCC)c2ccccc12. The molecule has 126 valence electrons. The number of sulfonamides is 1. The molecule has 0 unspecified atom stereocenters. The minimum absolute atomic E-state index is 0.271. The second-order valence-electron chi connectivity index (χ2n) is 4.99. The first-order chi connectivity index (χ1) is 11.1. The molecule has 0 aliphatic heterocycles. The van der Waals surface area contributed by atoms with E-state index in [9.17, 15) is 8.42 Å². The number of ether oxygens (including phenoxy) is 2. The van der Waals surface area contributed by atoms with Gasteiger partial charge in [0.25, 0.3) is 0 Å². The highest BCUT2D eigenvalue weighted by molar-refractivity contribution is 7.89.